The minimum absolute atomic E-state index is 0.000417. The third-order valence-corrected chi connectivity index (χ3v) is 5.82. The molecule has 1 N–H and O–H groups in total. The fourth-order valence-electron chi connectivity index (χ4n) is 3.57. The zero-order valence-corrected chi connectivity index (χ0v) is 16.9. The molecule has 0 spiro atoms. The van der Waals surface area contributed by atoms with Gasteiger partial charge in [-0.05, 0) is 45.6 Å². The molecular formula is C20H13BrF4N2O3. The number of likely N-dealkylation sites (N-methyl/N-ethyl adjacent to an activating group) is 1. The number of hydrogen-bond acceptors (Lipinski definition) is 3. The van der Waals surface area contributed by atoms with Gasteiger partial charge in [0.05, 0.1) is 29.1 Å². The highest BCUT2D eigenvalue weighted by molar-refractivity contribution is 9.10. The van der Waals surface area contributed by atoms with Gasteiger partial charge in [-0.15, -0.1) is 0 Å². The van der Waals surface area contributed by atoms with Crippen molar-refractivity contribution in [1.29, 1.82) is 0 Å². The van der Waals surface area contributed by atoms with Crippen molar-refractivity contribution in [3.63, 3.8) is 0 Å². The van der Waals surface area contributed by atoms with Crippen molar-refractivity contribution in [2.24, 2.45) is 0 Å². The molecule has 1 amide bonds. The molecular weight excluding hydrogens is 472 g/mol. The van der Waals surface area contributed by atoms with Crippen LogP contribution in [0.25, 0.3) is 10.8 Å². The van der Waals surface area contributed by atoms with Crippen LogP contribution >= 0.6 is 15.9 Å². The van der Waals surface area contributed by atoms with Gasteiger partial charge >= 0.3 is 0 Å². The summed E-state index contributed by atoms with van der Waals surface area (Å²) in [4.78, 5) is 28.9. The summed E-state index contributed by atoms with van der Waals surface area (Å²) in [6.45, 7) is -0.0174. The van der Waals surface area contributed by atoms with E-state index in [9.17, 15) is 27.2 Å². The molecule has 0 saturated carbocycles. The Balaban J connectivity index is 1.84. The molecule has 0 aliphatic carbocycles. The van der Waals surface area contributed by atoms with E-state index >= 15 is 0 Å². The molecule has 2 heterocycles. The van der Waals surface area contributed by atoms with Gasteiger partial charge in [-0.3, -0.25) is 9.59 Å². The van der Waals surface area contributed by atoms with Crippen molar-refractivity contribution in [2.45, 2.75) is 12.6 Å². The number of rotatable bonds is 2. The highest BCUT2D eigenvalue weighted by atomic mass is 79.9. The van der Waals surface area contributed by atoms with Crippen molar-refractivity contribution >= 4 is 32.6 Å². The summed E-state index contributed by atoms with van der Waals surface area (Å²) in [6.07, 6.45) is 0. The van der Waals surface area contributed by atoms with Gasteiger partial charge in [-0.1, -0.05) is 0 Å². The Labute approximate surface area is 175 Å². The van der Waals surface area contributed by atoms with Gasteiger partial charge in [0, 0.05) is 23.9 Å². The molecule has 156 valence electrons. The van der Waals surface area contributed by atoms with Crippen LogP contribution in [0.2, 0.25) is 0 Å². The highest BCUT2D eigenvalue weighted by Gasteiger charge is 2.32. The number of aromatic nitrogens is 1. The quantitative estimate of drug-likeness (QED) is 0.438. The average molecular weight is 485 g/mol. The Kier molecular flexibility index (Phi) is 5.15. The molecule has 1 aliphatic heterocycles. The Morgan fingerprint density at radius 2 is 1.67 bits per heavy atom. The van der Waals surface area contributed by atoms with Crippen LogP contribution in [0.1, 0.15) is 27.7 Å². The molecule has 4 rings (SSSR count). The van der Waals surface area contributed by atoms with E-state index in [2.05, 4.69) is 20.9 Å². The second-order valence-electron chi connectivity index (χ2n) is 6.86. The molecule has 10 heteroatoms. The van der Waals surface area contributed by atoms with Crippen molar-refractivity contribution in [1.82, 2.24) is 9.88 Å². The van der Waals surface area contributed by atoms with E-state index in [-0.39, 0.29) is 29.5 Å². The Morgan fingerprint density at radius 3 is 2.30 bits per heavy atom. The molecule has 1 atom stereocenters. The Hall–Kier alpha value is -2.72. The largest absolute Gasteiger partial charge is 0.373 e. The number of carbonyl (C=O) groups excluding carboxylic acids is 1. The molecule has 0 radical (unpaired) electrons. The van der Waals surface area contributed by atoms with Crippen LogP contribution in [0.5, 0.6) is 0 Å². The normalized spacial score (nSPS) is 15.9. The van der Waals surface area contributed by atoms with E-state index in [0.717, 1.165) is 24.3 Å². The number of H-pyrrole nitrogens is 1. The first kappa shape index (κ1) is 20.5. The molecule has 5 nitrogen and oxygen atoms in total. The van der Waals surface area contributed by atoms with Gasteiger partial charge in [0.25, 0.3) is 11.5 Å². The van der Waals surface area contributed by atoms with Crippen molar-refractivity contribution in [3.05, 3.63) is 79.2 Å². The average Bonchev–Trinajstić information content (AvgIpc) is 2.71. The molecule has 1 aliphatic rings. The summed E-state index contributed by atoms with van der Waals surface area (Å²) in [6, 6.07) is 2.64. The third kappa shape index (κ3) is 3.29. The maximum absolute atomic E-state index is 13.9. The number of nitrogens with zero attached hydrogens (tertiary/aromatic N) is 1. The topological polar surface area (TPSA) is 62.4 Å². The zero-order chi connectivity index (χ0) is 21.7. The lowest BCUT2D eigenvalue weighted by molar-refractivity contribution is 0.0335. The molecule has 0 fully saturated rings. The van der Waals surface area contributed by atoms with Crippen molar-refractivity contribution in [2.75, 3.05) is 13.7 Å². The molecule has 3 aromatic rings. The second kappa shape index (κ2) is 7.51. The summed E-state index contributed by atoms with van der Waals surface area (Å²) < 4.78 is 60.4. The molecule has 0 saturated heterocycles. The number of amides is 1. The number of aromatic amines is 1. The number of pyridine rings is 1. The number of halogens is 5. The van der Waals surface area contributed by atoms with E-state index in [1.807, 2.05) is 0 Å². The van der Waals surface area contributed by atoms with Crippen LogP contribution in [-0.4, -0.2) is 29.4 Å². The monoisotopic (exact) mass is 484 g/mol. The number of hydrogen-bond donors (Lipinski definition) is 1. The van der Waals surface area contributed by atoms with Gasteiger partial charge in [-0.2, -0.15) is 0 Å². The summed E-state index contributed by atoms with van der Waals surface area (Å²) >= 11 is 2.75. The molecule has 1 aromatic heterocycles. The predicted octanol–water partition coefficient (Wildman–Crippen LogP) is 4.19. The van der Waals surface area contributed by atoms with Crippen LogP contribution in [0, 0.1) is 23.3 Å². The molecule has 1 unspecified atom stereocenters. The standard InChI is InChI=1S/C20H13BrF4N2O3/c1-27(20(29)8-2-13(24)18(21)14(25)3-8)16-7-30-6-15-17(16)9-4-11(22)12(23)5-10(9)19(28)26-15/h2-5,16H,6-7H2,1H3,(H,26,28). The lowest BCUT2D eigenvalue weighted by atomic mass is 9.95. The minimum Gasteiger partial charge on any atom is -0.373 e. The van der Waals surface area contributed by atoms with E-state index < -0.39 is 45.2 Å². The number of ether oxygens (including phenoxy) is 1. The minimum atomic E-state index is -1.18. The first-order chi connectivity index (χ1) is 14.2. The third-order valence-electron chi connectivity index (χ3n) is 5.06. The predicted molar refractivity (Wildman–Crippen MR) is 103 cm³/mol. The van der Waals surface area contributed by atoms with Crippen LogP contribution < -0.4 is 5.56 Å². The molecule has 30 heavy (non-hydrogen) atoms. The fraction of sp³-hybridized carbons (Fsp3) is 0.200. The SMILES string of the molecule is CN(C(=O)c1cc(F)c(Br)c(F)c1)C1COCc2[nH]c(=O)c3cc(F)c(F)cc3c21. The lowest BCUT2D eigenvalue weighted by Crippen LogP contribution is -2.37. The van der Waals surface area contributed by atoms with E-state index in [4.69, 9.17) is 4.74 Å². The van der Waals surface area contributed by atoms with Crippen molar-refractivity contribution < 1.29 is 27.1 Å². The maximum Gasteiger partial charge on any atom is 0.256 e. The highest BCUT2D eigenvalue weighted by Crippen LogP contribution is 2.34. The Bertz CT molecular complexity index is 1240. The zero-order valence-electron chi connectivity index (χ0n) is 15.4. The van der Waals surface area contributed by atoms with E-state index in [1.165, 1.54) is 11.9 Å². The first-order valence-corrected chi connectivity index (χ1v) is 9.51. The smallest absolute Gasteiger partial charge is 0.256 e. The molecule has 2 aromatic carbocycles. The maximum atomic E-state index is 13.9. The van der Waals surface area contributed by atoms with Crippen molar-refractivity contribution in [3.8, 4) is 0 Å². The Morgan fingerprint density at radius 1 is 1.07 bits per heavy atom. The molecule has 0 bridgehead atoms. The van der Waals surface area contributed by atoms with Gasteiger partial charge in [0.2, 0.25) is 0 Å². The number of benzene rings is 2. The second-order valence-corrected chi connectivity index (χ2v) is 7.65. The summed E-state index contributed by atoms with van der Waals surface area (Å²) in [5, 5.41) is 0.0508. The number of carbonyl (C=O) groups is 1. The van der Waals surface area contributed by atoms with Gasteiger partial charge in [-0.25, -0.2) is 17.6 Å². The van der Waals surface area contributed by atoms with Crippen LogP contribution in [-0.2, 0) is 11.3 Å². The van der Waals surface area contributed by atoms with Crippen LogP contribution in [0.15, 0.2) is 33.5 Å². The number of fused-ring (bicyclic) bond motifs is 3. The number of nitrogens with one attached hydrogen (secondary N) is 1. The van der Waals surface area contributed by atoms with Crippen LogP contribution in [0.3, 0.4) is 0 Å². The van der Waals surface area contributed by atoms with E-state index in [0.29, 0.717) is 11.3 Å². The summed E-state index contributed by atoms with van der Waals surface area (Å²) in [5.41, 5.74) is -0.182. The van der Waals surface area contributed by atoms with E-state index in [1.54, 1.807) is 0 Å². The summed E-state index contributed by atoms with van der Waals surface area (Å²) in [7, 11) is 1.39. The van der Waals surface area contributed by atoms with Gasteiger partial charge in [0.15, 0.2) is 11.6 Å². The fourth-order valence-corrected chi connectivity index (χ4v) is 3.80. The van der Waals surface area contributed by atoms with Gasteiger partial charge < -0.3 is 14.6 Å². The lowest BCUT2D eigenvalue weighted by Gasteiger charge is -2.34. The first-order valence-electron chi connectivity index (χ1n) is 8.72. The van der Waals surface area contributed by atoms with Gasteiger partial charge in [0.1, 0.15) is 11.6 Å². The summed E-state index contributed by atoms with van der Waals surface area (Å²) in [5.74, 6) is -4.93. The van der Waals surface area contributed by atoms with Crippen LogP contribution in [0.4, 0.5) is 17.6 Å².